The van der Waals surface area contributed by atoms with Gasteiger partial charge in [0.1, 0.15) is 0 Å². The van der Waals surface area contributed by atoms with Gasteiger partial charge in [-0.15, -0.1) is 0 Å². The molecule has 0 atom stereocenters. The van der Waals surface area contributed by atoms with Crippen molar-refractivity contribution in [2.24, 2.45) is 0 Å². The molecule has 2 rings (SSSR count). The van der Waals surface area contributed by atoms with Crippen molar-refractivity contribution >= 4 is 21.9 Å². The van der Waals surface area contributed by atoms with Gasteiger partial charge in [-0.2, -0.15) is 10.4 Å². The first-order valence-electron chi connectivity index (χ1n) is 5.03. The zero-order valence-electron chi connectivity index (χ0n) is 9.38. The van der Waals surface area contributed by atoms with Gasteiger partial charge in [-0.1, -0.05) is 6.07 Å². The number of halogens is 1. The highest BCUT2D eigenvalue weighted by Crippen LogP contribution is 2.24. The van der Waals surface area contributed by atoms with Crippen LogP contribution in [0.5, 0.6) is 0 Å². The van der Waals surface area contributed by atoms with E-state index in [1.165, 1.54) is 4.68 Å². The zero-order chi connectivity index (χ0) is 13.3. The van der Waals surface area contributed by atoms with Crippen LogP contribution in [0.25, 0.3) is 5.69 Å². The van der Waals surface area contributed by atoms with Crippen LogP contribution in [0.4, 0.5) is 0 Å². The van der Waals surface area contributed by atoms with Gasteiger partial charge in [0, 0.05) is 0 Å². The number of aromatic nitrogens is 2. The van der Waals surface area contributed by atoms with Gasteiger partial charge >= 0.3 is 5.97 Å². The van der Waals surface area contributed by atoms with Crippen LogP contribution in [-0.2, 0) is 0 Å². The molecule has 0 aliphatic rings. The number of nitriles is 1. The van der Waals surface area contributed by atoms with E-state index in [1.54, 1.807) is 31.2 Å². The third-order valence-corrected chi connectivity index (χ3v) is 3.42. The van der Waals surface area contributed by atoms with Crippen molar-refractivity contribution in [2.75, 3.05) is 0 Å². The van der Waals surface area contributed by atoms with E-state index in [9.17, 15) is 4.79 Å². The molecule has 1 heterocycles. The Morgan fingerprint density at radius 3 is 2.83 bits per heavy atom. The molecule has 0 saturated carbocycles. The summed E-state index contributed by atoms with van der Waals surface area (Å²) >= 11 is 3.21. The first-order chi connectivity index (χ1) is 8.54. The number of hydrogen-bond donors (Lipinski definition) is 1. The van der Waals surface area contributed by atoms with Gasteiger partial charge in [0.05, 0.1) is 27.5 Å². The third-order valence-electron chi connectivity index (χ3n) is 2.47. The Kier molecular flexibility index (Phi) is 3.17. The van der Waals surface area contributed by atoms with Crippen LogP contribution < -0.4 is 0 Å². The van der Waals surface area contributed by atoms with E-state index in [1.807, 2.05) is 6.07 Å². The lowest BCUT2D eigenvalue weighted by molar-refractivity contribution is 0.0689. The average molecular weight is 306 g/mol. The van der Waals surface area contributed by atoms with Gasteiger partial charge in [-0.05, 0) is 41.1 Å². The zero-order valence-corrected chi connectivity index (χ0v) is 11.0. The van der Waals surface area contributed by atoms with E-state index in [0.717, 1.165) is 0 Å². The fraction of sp³-hybridized carbons (Fsp3) is 0.0833. The molecule has 0 saturated heterocycles. The highest BCUT2D eigenvalue weighted by Gasteiger charge is 2.18. The molecule has 1 aromatic heterocycles. The molecule has 0 radical (unpaired) electrons. The molecule has 5 nitrogen and oxygen atoms in total. The summed E-state index contributed by atoms with van der Waals surface area (Å²) in [6.07, 6.45) is 0. The molecule has 0 unspecified atom stereocenters. The maximum Gasteiger partial charge on any atom is 0.357 e. The molecule has 0 fully saturated rings. The summed E-state index contributed by atoms with van der Waals surface area (Å²) in [5.74, 6) is -1.10. The maximum absolute atomic E-state index is 11.0. The number of carboxylic acid groups (broad SMARTS) is 1. The first kappa shape index (κ1) is 12.3. The van der Waals surface area contributed by atoms with E-state index in [4.69, 9.17) is 10.4 Å². The SMILES string of the molecule is Cc1c(Br)c(C(=O)O)nn1-c1cccc(C#N)c1. The quantitative estimate of drug-likeness (QED) is 0.924. The lowest BCUT2D eigenvalue weighted by atomic mass is 10.2. The van der Waals surface area contributed by atoms with Gasteiger partial charge in [-0.3, -0.25) is 0 Å². The molecule has 0 aliphatic carbocycles. The van der Waals surface area contributed by atoms with Crippen molar-refractivity contribution in [1.82, 2.24) is 9.78 Å². The van der Waals surface area contributed by atoms with Gasteiger partial charge < -0.3 is 5.11 Å². The first-order valence-corrected chi connectivity index (χ1v) is 5.83. The number of aromatic carboxylic acids is 1. The summed E-state index contributed by atoms with van der Waals surface area (Å²) in [6, 6.07) is 8.85. The summed E-state index contributed by atoms with van der Waals surface area (Å²) in [6.45, 7) is 1.75. The smallest absolute Gasteiger partial charge is 0.357 e. The molecule has 0 aliphatic heterocycles. The van der Waals surface area contributed by atoms with Crippen LogP contribution >= 0.6 is 15.9 Å². The summed E-state index contributed by atoms with van der Waals surface area (Å²) in [7, 11) is 0. The molecule has 1 N–H and O–H groups in total. The highest BCUT2D eigenvalue weighted by molar-refractivity contribution is 9.10. The van der Waals surface area contributed by atoms with Gasteiger partial charge in [-0.25, -0.2) is 9.48 Å². The van der Waals surface area contributed by atoms with Crippen molar-refractivity contribution in [3.63, 3.8) is 0 Å². The van der Waals surface area contributed by atoms with E-state index < -0.39 is 5.97 Å². The molecule has 0 amide bonds. The number of hydrogen-bond acceptors (Lipinski definition) is 3. The second kappa shape index (κ2) is 4.63. The summed E-state index contributed by atoms with van der Waals surface area (Å²) in [4.78, 5) is 11.0. The second-order valence-corrected chi connectivity index (χ2v) is 4.42. The van der Waals surface area contributed by atoms with Crippen molar-refractivity contribution < 1.29 is 9.90 Å². The predicted molar refractivity (Wildman–Crippen MR) is 67.7 cm³/mol. The fourth-order valence-electron chi connectivity index (χ4n) is 1.58. The number of rotatable bonds is 2. The Bertz CT molecular complexity index is 670. The molecule has 0 spiro atoms. The second-order valence-electron chi connectivity index (χ2n) is 3.63. The third kappa shape index (κ3) is 2.00. The molecule has 1 aromatic carbocycles. The summed E-state index contributed by atoms with van der Waals surface area (Å²) in [5, 5.41) is 21.9. The Hall–Kier alpha value is -2.13. The molecular weight excluding hydrogens is 298 g/mol. The highest BCUT2D eigenvalue weighted by atomic mass is 79.9. The van der Waals surface area contributed by atoms with Gasteiger partial charge in [0.25, 0.3) is 0 Å². The molecular formula is C12H8BrN3O2. The van der Waals surface area contributed by atoms with Crippen LogP contribution in [0.2, 0.25) is 0 Å². The lowest BCUT2D eigenvalue weighted by Crippen LogP contribution is -2.02. The monoisotopic (exact) mass is 305 g/mol. The molecule has 18 heavy (non-hydrogen) atoms. The van der Waals surface area contributed by atoms with Crippen LogP contribution in [0.1, 0.15) is 21.7 Å². The van der Waals surface area contributed by atoms with Crippen molar-refractivity contribution in [2.45, 2.75) is 6.92 Å². The largest absolute Gasteiger partial charge is 0.476 e. The Labute approximate surface area is 111 Å². The molecule has 2 aromatic rings. The fourth-order valence-corrected chi connectivity index (χ4v) is 2.00. The number of carboxylic acids is 1. The minimum absolute atomic E-state index is 0.0464. The predicted octanol–water partition coefficient (Wildman–Crippen LogP) is 2.51. The molecule has 0 bridgehead atoms. The normalized spacial score (nSPS) is 10.1. The standard InChI is InChI=1S/C12H8BrN3O2/c1-7-10(13)11(12(17)18)15-16(7)9-4-2-3-8(5-9)6-14/h2-5H,1H3,(H,17,18). The number of nitrogens with zero attached hydrogens (tertiary/aromatic N) is 3. The Morgan fingerprint density at radius 2 is 2.28 bits per heavy atom. The molecule has 90 valence electrons. The number of benzene rings is 1. The van der Waals surface area contributed by atoms with E-state index in [0.29, 0.717) is 21.4 Å². The number of carbonyl (C=O) groups is 1. The maximum atomic E-state index is 11.0. The van der Waals surface area contributed by atoms with E-state index in [2.05, 4.69) is 21.0 Å². The topological polar surface area (TPSA) is 78.9 Å². The average Bonchev–Trinajstić information content (AvgIpc) is 2.67. The Balaban J connectivity index is 2.61. The van der Waals surface area contributed by atoms with Crippen LogP contribution in [-0.4, -0.2) is 20.9 Å². The van der Waals surface area contributed by atoms with Crippen molar-refractivity contribution in [3.8, 4) is 11.8 Å². The van der Waals surface area contributed by atoms with Crippen LogP contribution in [0, 0.1) is 18.3 Å². The van der Waals surface area contributed by atoms with Crippen LogP contribution in [0.3, 0.4) is 0 Å². The van der Waals surface area contributed by atoms with E-state index in [-0.39, 0.29) is 5.69 Å². The summed E-state index contributed by atoms with van der Waals surface area (Å²) < 4.78 is 1.94. The van der Waals surface area contributed by atoms with Crippen LogP contribution in [0.15, 0.2) is 28.7 Å². The lowest BCUT2D eigenvalue weighted by Gasteiger charge is -2.03. The van der Waals surface area contributed by atoms with Gasteiger partial charge in [0.2, 0.25) is 0 Å². The minimum Gasteiger partial charge on any atom is -0.476 e. The van der Waals surface area contributed by atoms with Crippen molar-refractivity contribution in [1.29, 1.82) is 5.26 Å². The van der Waals surface area contributed by atoms with E-state index >= 15 is 0 Å². The Morgan fingerprint density at radius 1 is 1.56 bits per heavy atom. The minimum atomic E-state index is -1.10. The van der Waals surface area contributed by atoms with Gasteiger partial charge in [0.15, 0.2) is 5.69 Å². The molecule has 6 heteroatoms. The summed E-state index contributed by atoms with van der Waals surface area (Å²) in [5.41, 5.74) is 1.77. The van der Waals surface area contributed by atoms with Crippen molar-refractivity contribution in [3.05, 3.63) is 45.7 Å².